The first-order chi connectivity index (χ1) is 12.9. The Morgan fingerprint density at radius 2 is 1.81 bits per heavy atom. The quantitative estimate of drug-likeness (QED) is 0.599. The van der Waals surface area contributed by atoms with Gasteiger partial charge in [0.15, 0.2) is 5.69 Å². The lowest BCUT2D eigenvalue weighted by molar-refractivity contribution is -0.137. The largest absolute Gasteiger partial charge is 0.480 e. The highest BCUT2D eigenvalue weighted by Gasteiger charge is 2.12. The van der Waals surface area contributed by atoms with Crippen molar-refractivity contribution in [2.24, 2.45) is 7.05 Å². The number of carboxylic acids is 1. The topological polar surface area (TPSA) is 131 Å². The van der Waals surface area contributed by atoms with Gasteiger partial charge in [-0.05, 0) is 24.3 Å². The molecule has 0 unspecified atom stereocenters. The summed E-state index contributed by atoms with van der Waals surface area (Å²) in [5.41, 5.74) is 1.45. The molecule has 0 saturated heterocycles. The SMILES string of the molecule is Cn1ccc(C(=O)Nc2cccc(NC(=O)c3cnn(CC(=O)O)c3)c2)n1. The van der Waals surface area contributed by atoms with Crippen molar-refractivity contribution in [3.63, 3.8) is 0 Å². The van der Waals surface area contributed by atoms with Gasteiger partial charge < -0.3 is 15.7 Å². The van der Waals surface area contributed by atoms with Gasteiger partial charge in [-0.3, -0.25) is 23.7 Å². The first-order valence-electron chi connectivity index (χ1n) is 7.87. The number of carboxylic acid groups (broad SMARTS) is 1. The molecule has 10 heteroatoms. The average Bonchev–Trinajstić information content (AvgIpc) is 3.24. The van der Waals surface area contributed by atoms with Gasteiger partial charge in [0.05, 0.1) is 11.8 Å². The van der Waals surface area contributed by atoms with E-state index in [0.717, 1.165) is 4.68 Å². The Kier molecular flexibility index (Phi) is 4.97. The van der Waals surface area contributed by atoms with Crippen LogP contribution in [0.2, 0.25) is 0 Å². The molecule has 27 heavy (non-hydrogen) atoms. The van der Waals surface area contributed by atoms with Gasteiger partial charge in [0.2, 0.25) is 0 Å². The van der Waals surface area contributed by atoms with E-state index in [1.54, 1.807) is 43.6 Å². The number of aromatic nitrogens is 4. The number of benzene rings is 1. The van der Waals surface area contributed by atoms with Crippen molar-refractivity contribution < 1.29 is 19.5 Å². The van der Waals surface area contributed by atoms with E-state index in [1.165, 1.54) is 17.1 Å². The smallest absolute Gasteiger partial charge is 0.325 e. The zero-order chi connectivity index (χ0) is 19.4. The third-order valence-corrected chi connectivity index (χ3v) is 3.52. The summed E-state index contributed by atoms with van der Waals surface area (Å²) in [5, 5.41) is 22.0. The summed E-state index contributed by atoms with van der Waals surface area (Å²) in [5.74, 6) is -1.87. The van der Waals surface area contributed by atoms with E-state index in [9.17, 15) is 14.4 Å². The predicted octanol–water partition coefficient (Wildman–Crippen LogP) is 1.21. The van der Waals surface area contributed by atoms with E-state index in [-0.39, 0.29) is 23.7 Å². The van der Waals surface area contributed by atoms with Crippen LogP contribution in [-0.2, 0) is 18.4 Å². The van der Waals surface area contributed by atoms with Gasteiger partial charge in [-0.2, -0.15) is 10.2 Å². The molecule has 0 radical (unpaired) electrons. The lowest BCUT2D eigenvalue weighted by Crippen LogP contribution is -2.14. The van der Waals surface area contributed by atoms with E-state index in [1.807, 2.05) is 0 Å². The molecular weight excluding hydrogens is 352 g/mol. The third kappa shape index (κ3) is 4.57. The van der Waals surface area contributed by atoms with Gasteiger partial charge in [0, 0.05) is 30.8 Å². The maximum Gasteiger partial charge on any atom is 0.325 e. The Balaban J connectivity index is 1.66. The van der Waals surface area contributed by atoms with Crippen LogP contribution in [0.5, 0.6) is 0 Å². The molecule has 10 nitrogen and oxygen atoms in total. The maximum atomic E-state index is 12.3. The van der Waals surface area contributed by atoms with Crippen molar-refractivity contribution in [1.82, 2.24) is 19.6 Å². The summed E-state index contributed by atoms with van der Waals surface area (Å²) in [7, 11) is 1.71. The van der Waals surface area contributed by atoms with Gasteiger partial charge >= 0.3 is 5.97 Å². The minimum absolute atomic E-state index is 0.221. The number of rotatable bonds is 6. The van der Waals surface area contributed by atoms with Crippen molar-refractivity contribution in [3.05, 3.63) is 60.2 Å². The molecule has 1 aromatic carbocycles. The normalized spacial score (nSPS) is 10.4. The highest BCUT2D eigenvalue weighted by molar-refractivity contribution is 6.05. The summed E-state index contributed by atoms with van der Waals surface area (Å²) in [6, 6.07) is 8.21. The van der Waals surface area contributed by atoms with Crippen LogP contribution in [0, 0.1) is 0 Å². The number of carbonyl (C=O) groups excluding carboxylic acids is 2. The summed E-state index contributed by atoms with van der Waals surface area (Å²) in [6.07, 6.45) is 4.29. The molecule has 0 aliphatic rings. The number of nitrogens with zero attached hydrogens (tertiary/aromatic N) is 4. The molecule has 0 saturated carbocycles. The van der Waals surface area contributed by atoms with Gasteiger partial charge in [-0.25, -0.2) is 0 Å². The fraction of sp³-hybridized carbons (Fsp3) is 0.118. The Morgan fingerprint density at radius 3 is 2.44 bits per heavy atom. The van der Waals surface area contributed by atoms with Crippen molar-refractivity contribution in [3.8, 4) is 0 Å². The predicted molar refractivity (Wildman–Crippen MR) is 95.4 cm³/mol. The van der Waals surface area contributed by atoms with E-state index in [4.69, 9.17) is 5.11 Å². The summed E-state index contributed by atoms with van der Waals surface area (Å²) >= 11 is 0. The average molecular weight is 368 g/mol. The molecule has 3 N–H and O–H groups in total. The highest BCUT2D eigenvalue weighted by atomic mass is 16.4. The first kappa shape index (κ1) is 17.9. The number of hydrogen-bond acceptors (Lipinski definition) is 5. The van der Waals surface area contributed by atoms with Crippen LogP contribution in [0.15, 0.2) is 48.9 Å². The van der Waals surface area contributed by atoms with Crippen LogP contribution in [0.3, 0.4) is 0 Å². The minimum Gasteiger partial charge on any atom is -0.480 e. The zero-order valence-corrected chi connectivity index (χ0v) is 14.3. The lowest BCUT2D eigenvalue weighted by atomic mass is 10.2. The van der Waals surface area contributed by atoms with Crippen molar-refractivity contribution >= 4 is 29.2 Å². The second-order valence-electron chi connectivity index (χ2n) is 5.68. The molecule has 0 fully saturated rings. The molecule has 0 bridgehead atoms. The number of carbonyl (C=O) groups is 3. The Bertz CT molecular complexity index is 1010. The lowest BCUT2D eigenvalue weighted by Gasteiger charge is -2.07. The molecule has 3 aromatic rings. The maximum absolute atomic E-state index is 12.3. The monoisotopic (exact) mass is 368 g/mol. The molecule has 0 aliphatic carbocycles. The Labute approximate surface area is 153 Å². The number of anilines is 2. The van der Waals surface area contributed by atoms with E-state index < -0.39 is 11.9 Å². The molecule has 138 valence electrons. The van der Waals surface area contributed by atoms with Gasteiger partial charge in [0.25, 0.3) is 11.8 Å². The number of aryl methyl sites for hydroxylation is 1. The number of hydrogen-bond donors (Lipinski definition) is 3. The first-order valence-corrected chi connectivity index (χ1v) is 7.87. The minimum atomic E-state index is -1.05. The van der Waals surface area contributed by atoms with E-state index in [0.29, 0.717) is 11.4 Å². The van der Waals surface area contributed by atoms with Crippen LogP contribution in [0.1, 0.15) is 20.8 Å². The molecular formula is C17H16N6O4. The molecule has 0 aliphatic heterocycles. The molecule has 2 heterocycles. The van der Waals surface area contributed by atoms with Crippen molar-refractivity contribution in [2.75, 3.05) is 10.6 Å². The van der Waals surface area contributed by atoms with Crippen LogP contribution >= 0.6 is 0 Å². The molecule has 3 rings (SSSR count). The highest BCUT2D eigenvalue weighted by Crippen LogP contribution is 2.17. The summed E-state index contributed by atoms with van der Waals surface area (Å²) in [4.78, 5) is 35.1. The summed E-state index contributed by atoms with van der Waals surface area (Å²) < 4.78 is 2.68. The second kappa shape index (κ2) is 7.52. The van der Waals surface area contributed by atoms with Crippen LogP contribution in [0.4, 0.5) is 11.4 Å². The van der Waals surface area contributed by atoms with Gasteiger partial charge in [-0.15, -0.1) is 0 Å². The molecule has 0 spiro atoms. The zero-order valence-electron chi connectivity index (χ0n) is 14.3. The standard InChI is InChI=1S/C17H16N6O4/c1-22-6-5-14(21-22)17(27)20-13-4-2-3-12(7-13)19-16(26)11-8-18-23(9-11)10-15(24)25/h2-9H,10H2,1H3,(H,19,26)(H,20,27)(H,24,25). The van der Waals surface area contributed by atoms with Crippen LogP contribution < -0.4 is 10.6 Å². The molecule has 2 aromatic heterocycles. The molecule has 2 amide bonds. The van der Waals surface area contributed by atoms with Gasteiger partial charge in [0.1, 0.15) is 6.54 Å². The Morgan fingerprint density at radius 1 is 1.11 bits per heavy atom. The summed E-state index contributed by atoms with van der Waals surface area (Å²) in [6.45, 7) is -0.331. The van der Waals surface area contributed by atoms with E-state index >= 15 is 0 Å². The third-order valence-electron chi connectivity index (χ3n) is 3.52. The Hall–Kier alpha value is -3.95. The van der Waals surface area contributed by atoms with E-state index in [2.05, 4.69) is 20.8 Å². The van der Waals surface area contributed by atoms with Gasteiger partial charge in [-0.1, -0.05) is 6.07 Å². The molecule has 0 atom stereocenters. The number of nitrogens with one attached hydrogen (secondary N) is 2. The van der Waals surface area contributed by atoms with Crippen LogP contribution in [-0.4, -0.2) is 42.5 Å². The number of amides is 2. The fourth-order valence-electron chi connectivity index (χ4n) is 2.32. The van der Waals surface area contributed by atoms with Crippen molar-refractivity contribution in [2.45, 2.75) is 6.54 Å². The van der Waals surface area contributed by atoms with Crippen molar-refractivity contribution in [1.29, 1.82) is 0 Å². The number of aliphatic carboxylic acids is 1. The van der Waals surface area contributed by atoms with Crippen LogP contribution in [0.25, 0.3) is 0 Å². The fourth-order valence-corrected chi connectivity index (χ4v) is 2.32. The second-order valence-corrected chi connectivity index (χ2v) is 5.68.